The highest BCUT2D eigenvalue weighted by Gasteiger charge is 2.45. The molecule has 116 valence electrons. The van der Waals surface area contributed by atoms with Crippen molar-refractivity contribution in [1.29, 1.82) is 0 Å². The van der Waals surface area contributed by atoms with Crippen molar-refractivity contribution in [2.75, 3.05) is 0 Å². The molecule has 2 aliphatic rings. The second kappa shape index (κ2) is 7.77. The number of rotatable bonds is 5. The molecule has 4 atom stereocenters. The Bertz CT molecular complexity index is 408. The largest absolute Gasteiger partial charge is 0.392 e. The van der Waals surface area contributed by atoms with Crippen molar-refractivity contribution < 1.29 is 5.11 Å². The van der Waals surface area contributed by atoms with E-state index in [4.69, 9.17) is 0 Å². The summed E-state index contributed by atoms with van der Waals surface area (Å²) in [6, 6.07) is 0.514. The van der Waals surface area contributed by atoms with E-state index < -0.39 is 0 Å². The van der Waals surface area contributed by atoms with Crippen molar-refractivity contribution in [1.82, 2.24) is 5.32 Å². The van der Waals surface area contributed by atoms with Gasteiger partial charge in [0.1, 0.15) is 0 Å². The first-order valence-electron chi connectivity index (χ1n) is 8.24. The van der Waals surface area contributed by atoms with E-state index in [0.29, 0.717) is 6.04 Å². The first kappa shape index (κ1) is 16.3. The van der Waals surface area contributed by atoms with Crippen molar-refractivity contribution in [2.24, 2.45) is 5.92 Å². The van der Waals surface area contributed by atoms with Gasteiger partial charge in [-0.2, -0.15) is 0 Å². The molecule has 4 unspecified atom stereocenters. The molecule has 0 aromatic heterocycles. The maximum Gasteiger partial charge on any atom is 0.0620 e. The van der Waals surface area contributed by atoms with Gasteiger partial charge in [-0.3, -0.25) is 0 Å². The lowest BCUT2D eigenvalue weighted by Crippen LogP contribution is -2.61. The topological polar surface area (TPSA) is 32.3 Å². The van der Waals surface area contributed by atoms with Crippen LogP contribution in [-0.2, 0) is 0 Å². The summed E-state index contributed by atoms with van der Waals surface area (Å²) in [4.78, 5) is 0. The molecule has 2 rings (SSSR count). The third-order valence-electron chi connectivity index (χ3n) is 4.99. The first-order valence-corrected chi connectivity index (χ1v) is 8.24. The van der Waals surface area contributed by atoms with Crippen LogP contribution in [0.25, 0.3) is 0 Å². The third-order valence-corrected chi connectivity index (χ3v) is 4.99. The summed E-state index contributed by atoms with van der Waals surface area (Å²) in [6.45, 7) is 7.48. The van der Waals surface area contributed by atoms with Crippen LogP contribution in [0.15, 0.2) is 49.6 Å². The molecule has 1 aliphatic heterocycles. The Morgan fingerprint density at radius 1 is 1.10 bits per heavy atom. The molecule has 1 spiro atoms. The van der Waals surface area contributed by atoms with E-state index in [9.17, 15) is 5.11 Å². The first-order chi connectivity index (χ1) is 10.2. The second-order valence-electron chi connectivity index (χ2n) is 6.40. The molecule has 0 amide bonds. The van der Waals surface area contributed by atoms with Crippen LogP contribution in [-0.4, -0.2) is 22.8 Å². The molecule has 2 fully saturated rings. The Morgan fingerprint density at radius 2 is 1.81 bits per heavy atom. The van der Waals surface area contributed by atoms with Gasteiger partial charge in [0, 0.05) is 17.5 Å². The monoisotopic (exact) mass is 287 g/mol. The predicted octanol–water partition coefficient (Wildman–Crippen LogP) is 3.90. The van der Waals surface area contributed by atoms with Crippen molar-refractivity contribution >= 4 is 0 Å². The number of aliphatic hydroxyl groups is 1. The summed E-state index contributed by atoms with van der Waals surface area (Å²) < 4.78 is 0. The fraction of sp³-hybridized carbons (Fsp3) is 0.579. The summed E-state index contributed by atoms with van der Waals surface area (Å²) in [6.07, 6.45) is 19.6. The molecule has 0 aromatic rings. The quantitative estimate of drug-likeness (QED) is 0.752. The van der Waals surface area contributed by atoms with E-state index in [1.807, 2.05) is 24.3 Å². The Hall–Kier alpha value is -1.12. The third kappa shape index (κ3) is 3.96. The molecule has 1 saturated carbocycles. The van der Waals surface area contributed by atoms with Gasteiger partial charge >= 0.3 is 0 Å². The molecule has 2 nitrogen and oxygen atoms in total. The highest BCUT2D eigenvalue weighted by molar-refractivity contribution is 5.14. The van der Waals surface area contributed by atoms with Gasteiger partial charge < -0.3 is 10.4 Å². The van der Waals surface area contributed by atoms with Gasteiger partial charge in [-0.05, 0) is 38.5 Å². The fourth-order valence-electron chi connectivity index (χ4n) is 4.04. The summed E-state index contributed by atoms with van der Waals surface area (Å²) in [5.74, 6) is 0.204. The minimum atomic E-state index is -0.232. The lowest BCUT2D eigenvalue weighted by Gasteiger charge is -2.51. The molecule has 2 heteroatoms. The molecule has 2 N–H and O–H groups in total. The van der Waals surface area contributed by atoms with Crippen LogP contribution in [0.2, 0.25) is 0 Å². The highest BCUT2D eigenvalue weighted by Crippen LogP contribution is 2.41. The standard InChI is InChI=1S/C19H29NO/c1-3-5-7-10-16-11-8-14-19(20-16)15-9-13-18(21)17(19)12-6-4-2/h3-7,12,16-18,20-21H,1-2,8-11,13-15H2. The minimum absolute atomic E-state index is 0.0715. The molecule has 21 heavy (non-hydrogen) atoms. The number of hydrogen-bond donors (Lipinski definition) is 2. The maximum atomic E-state index is 10.5. The van der Waals surface area contributed by atoms with Gasteiger partial charge in [0.2, 0.25) is 0 Å². The van der Waals surface area contributed by atoms with E-state index in [2.05, 4.69) is 30.6 Å². The number of hydrogen-bond acceptors (Lipinski definition) is 2. The number of allylic oxidation sites excluding steroid dienone is 4. The molecule has 0 radical (unpaired) electrons. The number of aliphatic hydroxyl groups excluding tert-OH is 1. The van der Waals surface area contributed by atoms with E-state index in [-0.39, 0.29) is 17.6 Å². The van der Waals surface area contributed by atoms with Gasteiger partial charge in [0.05, 0.1) is 6.10 Å². The zero-order valence-electron chi connectivity index (χ0n) is 13.0. The summed E-state index contributed by atoms with van der Waals surface area (Å²) >= 11 is 0. The average molecular weight is 287 g/mol. The van der Waals surface area contributed by atoms with Gasteiger partial charge in [0.25, 0.3) is 0 Å². The van der Waals surface area contributed by atoms with Crippen molar-refractivity contribution in [3.8, 4) is 0 Å². The minimum Gasteiger partial charge on any atom is -0.392 e. The molecule has 1 aliphatic carbocycles. The number of nitrogens with one attached hydrogen (secondary N) is 1. The lowest BCUT2D eigenvalue weighted by molar-refractivity contribution is 0.00392. The van der Waals surface area contributed by atoms with Gasteiger partial charge in [-0.25, -0.2) is 0 Å². The maximum absolute atomic E-state index is 10.5. The molecule has 0 bridgehead atoms. The predicted molar refractivity (Wildman–Crippen MR) is 90.1 cm³/mol. The van der Waals surface area contributed by atoms with E-state index in [1.54, 1.807) is 0 Å². The van der Waals surface area contributed by atoms with E-state index in [0.717, 1.165) is 32.1 Å². The molecular formula is C19H29NO. The molecule has 1 heterocycles. The van der Waals surface area contributed by atoms with Crippen LogP contribution in [0.1, 0.15) is 44.9 Å². The zero-order chi connectivity index (χ0) is 15.1. The lowest BCUT2D eigenvalue weighted by atomic mass is 9.66. The Balaban J connectivity index is 2.12. The van der Waals surface area contributed by atoms with Gasteiger partial charge in [-0.1, -0.05) is 56.0 Å². The van der Waals surface area contributed by atoms with Crippen LogP contribution in [0.5, 0.6) is 0 Å². The van der Waals surface area contributed by atoms with Crippen molar-refractivity contribution in [3.63, 3.8) is 0 Å². The Kier molecular flexibility index (Phi) is 6.01. The van der Waals surface area contributed by atoms with Crippen LogP contribution in [0, 0.1) is 5.92 Å². The fourth-order valence-corrected chi connectivity index (χ4v) is 4.04. The van der Waals surface area contributed by atoms with Crippen LogP contribution in [0.4, 0.5) is 0 Å². The van der Waals surface area contributed by atoms with Crippen molar-refractivity contribution in [3.05, 3.63) is 49.6 Å². The molecule has 1 saturated heterocycles. The zero-order valence-corrected chi connectivity index (χ0v) is 13.0. The molecule has 0 aromatic carbocycles. The van der Waals surface area contributed by atoms with Crippen molar-refractivity contribution in [2.45, 2.75) is 62.6 Å². The van der Waals surface area contributed by atoms with E-state index >= 15 is 0 Å². The summed E-state index contributed by atoms with van der Waals surface area (Å²) in [5, 5.41) is 14.3. The Labute approximate surface area is 129 Å². The van der Waals surface area contributed by atoms with Crippen LogP contribution < -0.4 is 5.32 Å². The van der Waals surface area contributed by atoms with Gasteiger partial charge in [-0.15, -0.1) is 0 Å². The highest BCUT2D eigenvalue weighted by atomic mass is 16.3. The van der Waals surface area contributed by atoms with Crippen LogP contribution >= 0.6 is 0 Å². The normalized spacial score (nSPS) is 37.3. The van der Waals surface area contributed by atoms with Gasteiger partial charge in [0.15, 0.2) is 0 Å². The summed E-state index contributed by atoms with van der Waals surface area (Å²) in [7, 11) is 0. The smallest absolute Gasteiger partial charge is 0.0620 e. The molecular weight excluding hydrogens is 258 g/mol. The summed E-state index contributed by atoms with van der Waals surface area (Å²) in [5.41, 5.74) is 0.0715. The van der Waals surface area contributed by atoms with E-state index in [1.165, 1.54) is 12.8 Å². The number of piperidine rings is 1. The Morgan fingerprint density at radius 3 is 2.52 bits per heavy atom. The van der Waals surface area contributed by atoms with Crippen LogP contribution in [0.3, 0.4) is 0 Å². The second-order valence-corrected chi connectivity index (χ2v) is 6.40. The SMILES string of the molecule is C=CC=CCC1CCCC2(CCCC(O)C2C=CC=C)N1. The average Bonchev–Trinajstić information content (AvgIpc) is 2.47.